The summed E-state index contributed by atoms with van der Waals surface area (Å²) in [4.78, 5) is 12.4. The second-order valence-electron chi connectivity index (χ2n) is 6.89. The van der Waals surface area contributed by atoms with Crippen molar-refractivity contribution in [3.05, 3.63) is 64.7 Å². The maximum atomic E-state index is 12.4. The van der Waals surface area contributed by atoms with Crippen LogP contribution >= 0.6 is 11.6 Å². The van der Waals surface area contributed by atoms with Crippen LogP contribution in [0.1, 0.15) is 24.5 Å². The Morgan fingerprint density at radius 1 is 1.23 bits per heavy atom. The summed E-state index contributed by atoms with van der Waals surface area (Å²) in [6, 6.07) is 15.6. The molecule has 5 heteroatoms. The molecule has 0 bridgehead atoms. The number of benzene rings is 2. The Balaban J connectivity index is 1.54. The Morgan fingerprint density at radius 3 is 2.85 bits per heavy atom. The maximum absolute atomic E-state index is 12.4. The molecule has 2 aromatic carbocycles. The number of hydrogen-bond donors (Lipinski definition) is 2. The first kappa shape index (κ1) is 18.7. The fourth-order valence-electron chi connectivity index (χ4n) is 3.21. The molecule has 0 saturated carbocycles. The maximum Gasteiger partial charge on any atom is 0.224 e. The molecule has 1 amide bonds. The van der Waals surface area contributed by atoms with Gasteiger partial charge in [0, 0.05) is 11.1 Å². The first-order valence-electron chi connectivity index (χ1n) is 9.06. The van der Waals surface area contributed by atoms with Gasteiger partial charge in [-0.3, -0.25) is 4.79 Å². The molecule has 0 radical (unpaired) electrons. The average Bonchev–Trinajstić information content (AvgIpc) is 2.62. The van der Waals surface area contributed by atoms with Crippen LogP contribution in [-0.2, 0) is 17.8 Å². The molecule has 3 rings (SSSR count). The first-order chi connectivity index (χ1) is 12.6. The molecule has 2 aromatic rings. The highest BCUT2D eigenvalue weighted by atomic mass is 35.5. The monoisotopic (exact) mass is 372 g/mol. The molecule has 4 nitrogen and oxygen atoms in total. The number of rotatable bonds is 6. The molecule has 0 aliphatic carbocycles. The molecule has 1 aliphatic rings. The van der Waals surface area contributed by atoms with Crippen molar-refractivity contribution >= 4 is 17.5 Å². The number of hydrogen-bond acceptors (Lipinski definition) is 3. The van der Waals surface area contributed by atoms with Crippen LogP contribution in [0.25, 0.3) is 0 Å². The van der Waals surface area contributed by atoms with Crippen LogP contribution in [0.2, 0.25) is 5.02 Å². The lowest BCUT2D eigenvalue weighted by molar-refractivity contribution is -0.121. The number of carbonyl (C=O) groups is 1. The Labute approximate surface area is 159 Å². The van der Waals surface area contributed by atoms with Crippen molar-refractivity contribution in [3.63, 3.8) is 0 Å². The van der Waals surface area contributed by atoms with Gasteiger partial charge in [0.2, 0.25) is 5.91 Å². The number of halogens is 1. The minimum Gasteiger partial charge on any atom is -0.489 e. The highest BCUT2D eigenvalue weighted by Crippen LogP contribution is 2.18. The van der Waals surface area contributed by atoms with E-state index >= 15 is 0 Å². The van der Waals surface area contributed by atoms with Gasteiger partial charge >= 0.3 is 0 Å². The lowest BCUT2D eigenvalue weighted by Crippen LogP contribution is -2.48. The van der Waals surface area contributed by atoms with Gasteiger partial charge in [0.15, 0.2) is 0 Å². The van der Waals surface area contributed by atoms with Crippen molar-refractivity contribution in [2.24, 2.45) is 5.92 Å². The standard InChI is InChI=1S/C21H25ClN2O2/c1-15-13-23-9-8-20(15)24-21(25)12-16-4-3-7-19(11-16)26-14-17-5-2-6-18(22)10-17/h2-7,10-11,15,20,23H,8-9,12-14H2,1H3,(H,24,25). The van der Waals surface area contributed by atoms with E-state index in [1.54, 1.807) is 0 Å². The zero-order chi connectivity index (χ0) is 18.4. The van der Waals surface area contributed by atoms with Crippen LogP contribution in [-0.4, -0.2) is 25.0 Å². The molecule has 1 aliphatic heterocycles. The van der Waals surface area contributed by atoms with Crippen molar-refractivity contribution in [2.75, 3.05) is 13.1 Å². The number of nitrogens with one attached hydrogen (secondary N) is 2. The van der Waals surface area contributed by atoms with Gasteiger partial charge in [0.05, 0.1) is 6.42 Å². The van der Waals surface area contributed by atoms with Gasteiger partial charge in [0.1, 0.15) is 12.4 Å². The van der Waals surface area contributed by atoms with E-state index < -0.39 is 0 Å². The van der Waals surface area contributed by atoms with Gasteiger partial charge in [-0.1, -0.05) is 42.8 Å². The van der Waals surface area contributed by atoms with Crippen molar-refractivity contribution in [3.8, 4) is 5.75 Å². The number of ether oxygens (including phenoxy) is 1. The van der Waals surface area contributed by atoms with Crippen molar-refractivity contribution in [1.82, 2.24) is 10.6 Å². The minimum absolute atomic E-state index is 0.0655. The van der Waals surface area contributed by atoms with Gasteiger partial charge in [0.25, 0.3) is 0 Å². The first-order valence-corrected chi connectivity index (χ1v) is 9.44. The van der Waals surface area contributed by atoms with E-state index in [9.17, 15) is 4.79 Å². The van der Waals surface area contributed by atoms with Gasteiger partial charge in [-0.25, -0.2) is 0 Å². The lowest BCUT2D eigenvalue weighted by Gasteiger charge is -2.30. The number of amides is 1. The summed E-state index contributed by atoms with van der Waals surface area (Å²) >= 11 is 6.00. The van der Waals surface area contributed by atoms with Crippen LogP contribution in [0, 0.1) is 5.92 Å². The third kappa shape index (κ3) is 5.48. The molecule has 1 saturated heterocycles. The van der Waals surface area contributed by atoms with Crippen molar-refractivity contribution < 1.29 is 9.53 Å². The van der Waals surface area contributed by atoms with E-state index in [1.165, 1.54) is 0 Å². The third-order valence-electron chi connectivity index (χ3n) is 4.69. The van der Waals surface area contributed by atoms with Crippen LogP contribution in [0.4, 0.5) is 0 Å². The Bertz CT molecular complexity index is 750. The van der Waals surface area contributed by atoms with Crippen molar-refractivity contribution in [1.29, 1.82) is 0 Å². The fourth-order valence-corrected chi connectivity index (χ4v) is 3.42. The summed E-state index contributed by atoms with van der Waals surface area (Å²) in [5, 5.41) is 7.21. The molecule has 2 atom stereocenters. The highest BCUT2D eigenvalue weighted by Gasteiger charge is 2.22. The Kier molecular flexibility index (Phi) is 6.53. The Morgan fingerprint density at radius 2 is 2.04 bits per heavy atom. The molecular formula is C21H25ClN2O2. The van der Waals surface area contributed by atoms with E-state index in [0.29, 0.717) is 24.0 Å². The van der Waals surface area contributed by atoms with Gasteiger partial charge in [-0.05, 0) is 60.8 Å². The second kappa shape index (κ2) is 9.06. The third-order valence-corrected chi connectivity index (χ3v) is 4.92. The van der Waals surface area contributed by atoms with E-state index in [1.807, 2.05) is 48.5 Å². The van der Waals surface area contributed by atoms with E-state index in [-0.39, 0.29) is 11.9 Å². The molecule has 26 heavy (non-hydrogen) atoms. The second-order valence-corrected chi connectivity index (χ2v) is 7.32. The lowest BCUT2D eigenvalue weighted by atomic mass is 9.95. The summed E-state index contributed by atoms with van der Waals surface area (Å²) in [5.74, 6) is 1.28. The van der Waals surface area contributed by atoms with Gasteiger partial charge in [-0.15, -0.1) is 0 Å². The normalized spacial score (nSPS) is 19.8. The smallest absolute Gasteiger partial charge is 0.224 e. The minimum atomic E-state index is 0.0655. The van der Waals surface area contributed by atoms with Crippen LogP contribution in [0.15, 0.2) is 48.5 Å². The van der Waals surface area contributed by atoms with E-state index in [4.69, 9.17) is 16.3 Å². The molecule has 0 spiro atoms. The van der Waals surface area contributed by atoms with Crippen molar-refractivity contribution in [2.45, 2.75) is 32.4 Å². The fraction of sp³-hybridized carbons (Fsp3) is 0.381. The topological polar surface area (TPSA) is 50.4 Å². The zero-order valence-electron chi connectivity index (χ0n) is 15.0. The quantitative estimate of drug-likeness (QED) is 0.814. The van der Waals surface area contributed by atoms with E-state index in [2.05, 4.69) is 17.6 Å². The summed E-state index contributed by atoms with van der Waals surface area (Å²) in [5.41, 5.74) is 1.97. The van der Waals surface area contributed by atoms with Crippen LogP contribution in [0.5, 0.6) is 5.75 Å². The molecule has 2 N–H and O–H groups in total. The summed E-state index contributed by atoms with van der Waals surface area (Å²) < 4.78 is 5.84. The SMILES string of the molecule is CC1CNCCC1NC(=O)Cc1cccc(OCc2cccc(Cl)c2)c1. The Hall–Kier alpha value is -2.04. The van der Waals surface area contributed by atoms with Crippen LogP contribution in [0.3, 0.4) is 0 Å². The van der Waals surface area contributed by atoms with Gasteiger partial charge < -0.3 is 15.4 Å². The predicted octanol–water partition coefficient (Wildman–Crippen LogP) is 3.58. The predicted molar refractivity (Wildman–Crippen MR) is 105 cm³/mol. The molecule has 0 aromatic heterocycles. The molecule has 1 fully saturated rings. The highest BCUT2D eigenvalue weighted by molar-refractivity contribution is 6.30. The molecule has 1 heterocycles. The summed E-state index contributed by atoms with van der Waals surface area (Å²) in [6.45, 7) is 4.53. The molecular weight excluding hydrogens is 348 g/mol. The summed E-state index contributed by atoms with van der Waals surface area (Å²) in [7, 11) is 0. The molecule has 138 valence electrons. The van der Waals surface area contributed by atoms with Crippen LogP contribution < -0.4 is 15.4 Å². The molecule has 2 unspecified atom stereocenters. The summed E-state index contributed by atoms with van der Waals surface area (Å²) in [6.07, 6.45) is 1.35. The van der Waals surface area contributed by atoms with E-state index in [0.717, 1.165) is 36.4 Å². The largest absolute Gasteiger partial charge is 0.489 e. The van der Waals surface area contributed by atoms with Gasteiger partial charge in [-0.2, -0.15) is 0 Å². The average molecular weight is 373 g/mol. The number of piperidine rings is 1. The number of carbonyl (C=O) groups excluding carboxylic acids is 1. The zero-order valence-corrected chi connectivity index (χ0v) is 15.8.